The van der Waals surface area contributed by atoms with E-state index in [1.165, 1.54) is 31.2 Å². The summed E-state index contributed by atoms with van der Waals surface area (Å²) in [7, 11) is 1.70. The summed E-state index contributed by atoms with van der Waals surface area (Å²) >= 11 is 0. The molecule has 1 aromatic heterocycles. The topological polar surface area (TPSA) is 50.3 Å². The average Bonchev–Trinajstić information content (AvgIpc) is 2.67. The molecule has 1 atom stereocenters. The molecule has 0 radical (unpaired) electrons. The fraction of sp³-hybridized carbons (Fsp3) is 0.524. The number of piperidine rings is 1. The Morgan fingerprint density at radius 1 is 1.23 bits per heavy atom. The van der Waals surface area contributed by atoms with E-state index in [0.29, 0.717) is 6.04 Å². The van der Waals surface area contributed by atoms with Gasteiger partial charge in [-0.3, -0.25) is 0 Å². The smallest absolute Gasteiger partial charge is 0.134 e. The van der Waals surface area contributed by atoms with Crippen molar-refractivity contribution in [3.8, 4) is 5.75 Å². The van der Waals surface area contributed by atoms with Gasteiger partial charge in [-0.25, -0.2) is 9.97 Å². The number of methoxy groups -OCH3 is 1. The molecule has 1 N–H and O–H groups in total. The molecule has 0 amide bonds. The van der Waals surface area contributed by atoms with Crippen LogP contribution in [-0.4, -0.2) is 36.2 Å². The summed E-state index contributed by atoms with van der Waals surface area (Å²) in [6.45, 7) is 6.17. The van der Waals surface area contributed by atoms with E-state index in [0.717, 1.165) is 42.7 Å². The maximum absolute atomic E-state index is 5.29. The second-order valence-corrected chi connectivity index (χ2v) is 6.94. The third-order valence-corrected chi connectivity index (χ3v) is 5.07. The fourth-order valence-corrected chi connectivity index (χ4v) is 3.68. The zero-order chi connectivity index (χ0) is 18.4. The minimum atomic E-state index is 0.600. The molecule has 2 aromatic rings. The molecular weight excluding hydrogens is 324 g/mol. The highest BCUT2D eigenvalue weighted by Crippen LogP contribution is 2.26. The van der Waals surface area contributed by atoms with Crippen LogP contribution in [0.25, 0.3) is 0 Å². The lowest BCUT2D eigenvalue weighted by Crippen LogP contribution is -2.39. The van der Waals surface area contributed by atoms with Crippen LogP contribution < -0.4 is 15.0 Å². The molecule has 26 heavy (non-hydrogen) atoms. The van der Waals surface area contributed by atoms with E-state index in [9.17, 15) is 0 Å². The van der Waals surface area contributed by atoms with E-state index in [-0.39, 0.29) is 0 Å². The summed E-state index contributed by atoms with van der Waals surface area (Å²) < 4.78 is 5.29. The van der Waals surface area contributed by atoms with Gasteiger partial charge in [0.15, 0.2) is 0 Å². The highest BCUT2D eigenvalue weighted by atomic mass is 16.5. The van der Waals surface area contributed by atoms with E-state index in [1.807, 2.05) is 19.1 Å². The molecule has 1 unspecified atom stereocenters. The normalized spacial score (nSPS) is 17.2. The van der Waals surface area contributed by atoms with Crippen LogP contribution in [0.1, 0.15) is 44.0 Å². The Kier molecular flexibility index (Phi) is 6.31. The van der Waals surface area contributed by atoms with Crippen LogP contribution in [0.5, 0.6) is 5.75 Å². The van der Waals surface area contributed by atoms with Crippen molar-refractivity contribution in [2.24, 2.45) is 0 Å². The third kappa shape index (κ3) is 4.65. The van der Waals surface area contributed by atoms with Crippen LogP contribution >= 0.6 is 0 Å². The molecule has 0 bridgehead atoms. The number of benzene rings is 1. The predicted molar refractivity (Wildman–Crippen MR) is 107 cm³/mol. The predicted octanol–water partition coefficient (Wildman–Crippen LogP) is 4.22. The van der Waals surface area contributed by atoms with Gasteiger partial charge in [-0.2, -0.15) is 0 Å². The van der Waals surface area contributed by atoms with E-state index >= 15 is 0 Å². The van der Waals surface area contributed by atoms with Gasteiger partial charge in [-0.05, 0) is 56.7 Å². The summed E-state index contributed by atoms with van der Waals surface area (Å²) in [5.41, 5.74) is 1.25. The molecule has 1 fully saturated rings. The molecule has 1 saturated heterocycles. The molecule has 3 rings (SSSR count). The molecule has 0 aliphatic carbocycles. The number of aromatic nitrogens is 2. The van der Waals surface area contributed by atoms with Gasteiger partial charge in [0.2, 0.25) is 0 Å². The van der Waals surface area contributed by atoms with Gasteiger partial charge in [0.25, 0.3) is 0 Å². The Morgan fingerprint density at radius 3 is 2.92 bits per heavy atom. The Bertz CT molecular complexity index is 719. The lowest BCUT2D eigenvalue weighted by molar-refractivity contribution is 0.414. The average molecular weight is 354 g/mol. The Balaban J connectivity index is 1.65. The summed E-state index contributed by atoms with van der Waals surface area (Å²) in [4.78, 5) is 11.7. The second-order valence-electron chi connectivity index (χ2n) is 6.94. The van der Waals surface area contributed by atoms with Gasteiger partial charge in [0.05, 0.1) is 7.11 Å². The first-order chi connectivity index (χ1) is 12.7. The zero-order valence-electron chi connectivity index (χ0n) is 16.2. The summed E-state index contributed by atoms with van der Waals surface area (Å²) in [5.74, 6) is 3.70. The van der Waals surface area contributed by atoms with Crippen LogP contribution in [0.15, 0.2) is 30.3 Å². The van der Waals surface area contributed by atoms with Crippen molar-refractivity contribution in [1.29, 1.82) is 0 Å². The van der Waals surface area contributed by atoms with Crippen LogP contribution in [-0.2, 0) is 6.42 Å². The zero-order valence-corrected chi connectivity index (χ0v) is 16.2. The lowest BCUT2D eigenvalue weighted by atomic mass is 10.00. The monoisotopic (exact) mass is 354 g/mol. The van der Waals surface area contributed by atoms with Crippen LogP contribution in [0.4, 0.5) is 11.6 Å². The molecule has 0 saturated carbocycles. The van der Waals surface area contributed by atoms with Gasteiger partial charge in [-0.15, -0.1) is 0 Å². The number of nitrogens with zero attached hydrogens (tertiary/aromatic N) is 3. The Morgan fingerprint density at radius 2 is 2.12 bits per heavy atom. The van der Waals surface area contributed by atoms with Crippen molar-refractivity contribution in [3.63, 3.8) is 0 Å². The minimum absolute atomic E-state index is 0.600. The van der Waals surface area contributed by atoms with Gasteiger partial charge in [-0.1, -0.05) is 19.1 Å². The molecule has 1 aliphatic heterocycles. The van der Waals surface area contributed by atoms with E-state index < -0.39 is 0 Å². The largest absolute Gasteiger partial charge is 0.497 e. The molecule has 1 aliphatic rings. The van der Waals surface area contributed by atoms with Crippen molar-refractivity contribution in [2.45, 2.75) is 52.0 Å². The Labute approximate surface area is 156 Å². The highest BCUT2D eigenvalue weighted by molar-refractivity contribution is 5.50. The quantitative estimate of drug-likeness (QED) is 0.807. The SMILES string of the molecule is CCC1CCCCN1c1cc(NCCc2cccc(OC)c2)nc(C)n1. The maximum Gasteiger partial charge on any atom is 0.134 e. The first-order valence-corrected chi connectivity index (χ1v) is 9.68. The van der Waals surface area contributed by atoms with Crippen LogP contribution in [0.2, 0.25) is 0 Å². The van der Waals surface area contributed by atoms with Crippen molar-refractivity contribution < 1.29 is 4.74 Å². The summed E-state index contributed by atoms with van der Waals surface area (Å²) in [6, 6.07) is 10.9. The lowest BCUT2D eigenvalue weighted by Gasteiger charge is -2.36. The first-order valence-electron chi connectivity index (χ1n) is 9.68. The maximum atomic E-state index is 5.29. The van der Waals surface area contributed by atoms with Crippen molar-refractivity contribution in [3.05, 3.63) is 41.7 Å². The van der Waals surface area contributed by atoms with Crippen molar-refractivity contribution in [2.75, 3.05) is 30.4 Å². The van der Waals surface area contributed by atoms with Gasteiger partial charge >= 0.3 is 0 Å². The van der Waals surface area contributed by atoms with Crippen LogP contribution in [0.3, 0.4) is 0 Å². The van der Waals surface area contributed by atoms with E-state index in [1.54, 1.807) is 7.11 Å². The van der Waals surface area contributed by atoms with E-state index in [2.05, 4.69) is 40.3 Å². The molecule has 1 aromatic carbocycles. The number of hydrogen-bond donors (Lipinski definition) is 1. The number of aryl methyl sites for hydroxylation is 1. The van der Waals surface area contributed by atoms with Gasteiger partial charge in [0, 0.05) is 25.2 Å². The molecule has 5 heteroatoms. The second kappa shape index (κ2) is 8.88. The van der Waals surface area contributed by atoms with Gasteiger partial charge in [0.1, 0.15) is 23.2 Å². The Hall–Kier alpha value is -2.30. The summed E-state index contributed by atoms with van der Waals surface area (Å²) in [6.07, 6.45) is 5.93. The minimum Gasteiger partial charge on any atom is -0.497 e. The molecule has 5 nitrogen and oxygen atoms in total. The summed E-state index contributed by atoms with van der Waals surface area (Å²) in [5, 5.41) is 3.47. The number of hydrogen-bond acceptors (Lipinski definition) is 5. The molecule has 140 valence electrons. The molecule has 2 heterocycles. The number of nitrogens with one attached hydrogen (secondary N) is 1. The molecular formula is C21H30N4O. The number of rotatable bonds is 7. The standard InChI is InChI=1S/C21H30N4O/c1-4-18-9-5-6-13-25(18)21-15-20(23-16(2)24-21)22-12-11-17-8-7-10-19(14-17)26-3/h7-8,10,14-15,18H,4-6,9,11-13H2,1-3H3,(H,22,23,24). The van der Waals surface area contributed by atoms with Crippen molar-refractivity contribution in [1.82, 2.24) is 9.97 Å². The molecule has 0 spiro atoms. The third-order valence-electron chi connectivity index (χ3n) is 5.07. The number of anilines is 2. The first kappa shape index (κ1) is 18.5. The van der Waals surface area contributed by atoms with Gasteiger partial charge < -0.3 is 15.0 Å². The van der Waals surface area contributed by atoms with E-state index in [4.69, 9.17) is 9.72 Å². The fourth-order valence-electron chi connectivity index (χ4n) is 3.68. The highest BCUT2D eigenvalue weighted by Gasteiger charge is 2.22. The number of ether oxygens (including phenoxy) is 1. The van der Waals surface area contributed by atoms with Crippen molar-refractivity contribution >= 4 is 11.6 Å². The van der Waals surface area contributed by atoms with Crippen LogP contribution in [0, 0.1) is 6.92 Å².